The third kappa shape index (κ3) is 4.27. The number of rotatable bonds is 5. The van der Waals surface area contributed by atoms with Crippen molar-refractivity contribution in [2.45, 2.75) is 51.0 Å². The molecular weight excluding hydrogens is 386 g/mol. The van der Waals surface area contributed by atoms with E-state index in [1.165, 1.54) is 10.5 Å². The van der Waals surface area contributed by atoms with Gasteiger partial charge in [0.1, 0.15) is 0 Å². The number of carbonyl (C=O) groups is 3. The van der Waals surface area contributed by atoms with Crippen LogP contribution < -0.4 is 16.0 Å². The monoisotopic (exact) mass is 415 g/mol. The van der Waals surface area contributed by atoms with Crippen molar-refractivity contribution in [1.29, 1.82) is 0 Å². The van der Waals surface area contributed by atoms with E-state index in [0.29, 0.717) is 32.0 Å². The number of likely N-dealkylation sites (tertiary alicyclic amines) is 1. The molecule has 1 aromatic carbocycles. The molecule has 9 heteroatoms. The van der Waals surface area contributed by atoms with E-state index in [9.17, 15) is 14.4 Å². The molecule has 3 N–H and O–H groups in total. The van der Waals surface area contributed by atoms with Gasteiger partial charge in [-0.1, -0.05) is 24.3 Å². The quantitative estimate of drug-likeness (QED) is 0.676. The lowest BCUT2D eigenvalue weighted by atomic mass is 9.89. The lowest BCUT2D eigenvalue weighted by Crippen LogP contribution is -2.70. The summed E-state index contributed by atoms with van der Waals surface area (Å²) in [6.45, 7) is 6.19. The molecule has 30 heavy (non-hydrogen) atoms. The molecule has 9 nitrogen and oxygen atoms in total. The maximum absolute atomic E-state index is 12.5. The number of amides is 5. The number of nitrogens with zero attached hydrogens (tertiary/aromatic N) is 2. The molecule has 0 aliphatic carbocycles. The Hall–Kier alpha value is -2.65. The third-order valence-corrected chi connectivity index (χ3v) is 6.15. The van der Waals surface area contributed by atoms with Crippen molar-refractivity contribution in [2.24, 2.45) is 0 Å². The predicted octanol–water partition coefficient (Wildman–Crippen LogP) is 1.48. The Morgan fingerprint density at radius 1 is 1.17 bits per heavy atom. The summed E-state index contributed by atoms with van der Waals surface area (Å²) >= 11 is 0. The molecule has 0 saturated carbocycles. The van der Waals surface area contributed by atoms with Crippen LogP contribution in [0.2, 0.25) is 0 Å². The van der Waals surface area contributed by atoms with Crippen molar-refractivity contribution >= 4 is 18.0 Å². The van der Waals surface area contributed by atoms with Crippen LogP contribution in [-0.2, 0) is 9.53 Å². The Kier molecular flexibility index (Phi) is 5.92. The van der Waals surface area contributed by atoms with Crippen LogP contribution in [0.15, 0.2) is 24.3 Å². The second-order valence-electron chi connectivity index (χ2n) is 8.22. The average molecular weight is 415 g/mol. The number of imide groups is 1. The highest BCUT2D eigenvalue weighted by atomic mass is 16.5. The first-order valence-corrected chi connectivity index (χ1v) is 10.5. The lowest BCUT2D eigenvalue weighted by molar-refractivity contribution is -0.133. The molecule has 0 unspecified atom stereocenters. The van der Waals surface area contributed by atoms with E-state index in [1.54, 1.807) is 6.92 Å². The van der Waals surface area contributed by atoms with Crippen molar-refractivity contribution in [3.05, 3.63) is 35.4 Å². The summed E-state index contributed by atoms with van der Waals surface area (Å²) in [5.74, 6) is 0.458. The first-order chi connectivity index (χ1) is 14.4. The van der Waals surface area contributed by atoms with Crippen molar-refractivity contribution < 1.29 is 19.1 Å². The minimum absolute atomic E-state index is 0.0887. The third-order valence-electron chi connectivity index (χ3n) is 6.15. The van der Waals surface area contributed by atoms with Crippen LogP contribution in [0.3, 0.4) is 0 Å². The van der Waals surface area contributed by atoms with Gasteiger partial charge in [-0.3, -0.25) is 10.1 Å². The van der Waals surface area contributed by atoms with Gasteiger partial charge in [0.05, 0.1) is 0 Å². The van der Waals surface area contributed by atoms with Crippen molar-refractivity contribution in [3.8, 4) is 0 Å². The maximum Gasteiger partial charge on any atom is 0.328 e. The number of ether oxygens (including phenoxy) is 1. The maximum atomic E-state index is 12.5. The van der Waals surface area contributed by atoms with Gasteiger partial charge in [0.2, 0.25) is 5.91 Å². The first kappa shape index (κ1) is 20.6. The van der Waals surface area contributed by atoms with Gasteiger partial charge in [0.15, 0.2) is 6.29 Å². The fraction of sp³-hybridized carbons (Fsp3) is 0.571. The molecule has 1 aromatic rings. The molecule has 3 aliphatic heterocycles. The van der Waals surface area contributed by atoms with Gasteiger partial charge in [-0.15, -0.1) is 0 Å². The molecule has 162 valence electrons. The summed E-state index contributed by atoms with van der Waals surface area (Å²) in [6.07, 6.45) is 0.672. The molecule has 0 spiro atoms. The first-order valence-electron chi connectivity index (χ1n) is 10.5. The molecular formula is C21H29N5O4. The van der Waals surface area contributed by atoms with Crippen molar-refractivity contribution in [2.75, 3.05) is 26.3 Å². The summed E-state index contributed by atoms with van der Waals surface area (Å²) in [7, 11) is 0. The largest absolute Gasteiger partial charge is 0.381 e. The molecule has 0 radical (unpaired) electrons. The van der Waals surface area contributed by atoms with Crippen LogP contribution >= 0.6 is 0 Å². The minimum Gasteiger partial charge on any atom is -0.381 e. The van der Waals surface area contributed by atoms with Crippen LogP contribution in [0.5, 0.6) is 0 Å². The molecule has 1 atom stereocenters. The van der Waals surface area contributed by atoms with E-state index >= 15 is 0 Å². The standard InChI is InChI=1S/C21H29N5O4/c1-13(15-4-3-5-16(10-15)17-11-25(12-17)14(2)27)22-19-23-20(28)26(21(29)24-19)18-6-8-30-9-7-18/h3-5,10,13,17-19,22H,6-9,11-12H2,1-2H3,(H,23,28)(H,24,29)/t13-/m0/s1. The SMILES string of the molecule is CC(=O)N1CC(c2cccc([C@H](C)NC3NC(=O)N(C4CCOCC4)C(=O)N3)c2)C1. The summed E-state index contributed by atoms with van der Waals surface area (Å²) < 4.78 is 5.32. The fourth-order valence-corrected chi connectivity index (χ4v) is 4.25. The number of nitrogens with one attached hydrogen (secondary N) is 3. The summed E-state index contributed by atoms with van der Waals surface area (Å²) in [6, 6.07) is 7.23. The second-order valence-corrected chi connectivity index (χ2v) is 8.22. The van der Waals surface area contributed by atoms with Gasteiger partial charge >= 0.3 is 12.1 Å². The summed E-state index contributed by atoms with van der Waals surface area (Å²) in [5.41, 5.74) is 2.25. The zero-order chi connectivity index (χ0) is 21.3. The van der Waals surface area contributed by atoms with Gasteiger partial charge in [-0.05, 0) is 30.9 Å². The molecule has 3 saturated heterocycles. The highest BCUT2D eigenvalue weighted by Gasteiger charge is 2.37. The van der Waals surface area contributed by atoms with Gasteiger partial charge < -0.3 is 20.3 Å². The zero-order valence-electron chi connectivity index (χ0n) is 17.4. The minimum atomic E-state index is -0.642. The van der Waals surface area contributed by atoms with Gasteiger partial charge in [-0.2, -0.15) is 0 Å². The van der Waals surface area contributed by atoms with E-state index < -0.39 is 6.29 Å². The van der Waals surface area contributed by atoms with Crippen LogP contribution in [0, 0.1) is 0 Å². The van der Waals surface area contributed by atoms with E-state index in [0.717, 1.165) is 18.7 Å². The molecule has 5 amide bonds. The molecule has 3 heterocycles. The van der Waals surface area contributed by atoms with Crippen LogP contribution in [0.25, 0.3) is 0 Å². The smallest absolute Gasteiger partial charge is 0.328 e. The number of benzene rings is 1. The van der Waals surface area contributed by atoms with E-state index in [2.05, 4.69) is 28.1 Å². The van der Waals surface area contributed by atoms with Crippen molar-refractivity contribution in [1.82, 2.24) is 25.8 Å². The van der Waals surface area contributed by atoms with Gasteiger partial charge in [0.25, 0.3) is 0 Å². The van der Waals surface area contributed by atoms with E-state index in [1.807, 2.05) is 24.0 Å². The normalized spacial score (nSPS) is 22.3. The molecule has 3 aliphatic rings. The molecule has 3 fully saturated rings. The Bertz CT molecular complexity index is 801. The summed E-state index contributed by atoms with van der Waals surface area (Å²) in [4.78, 5) is 39.6. The molecule has 0 aromatic heterocycles. The number of hydrogen-bond donors (Lipinski definition) is 3. The highest BCUT2D eigenvalue weighted by molar-refractivity contribution is 5.96. The van der Waals surface area contributed by atoms with Crippen LogP contribution in [0.4, 0.5) is 9.59 Å². The summed E-state index contributed by atoms with van der Waals surface area (Å²) in [5, 5.41) is 8.93. The Balaban J connectivity index is 1.35. The van der Waals surface area contributed by atoms with Crippen molar-refractivity contribution in [3.63, 3.8) is 0 Å². The Labute approximate surface area is 176 Å². The zero-order valence-corrected chi connectivity index (χ0v) is 17.4. The van der Waals surface area contributed by atoms with Gasteiger partial charge in [-0.25, -0.2) is 14.5 Å². The van der Waals surface area contributed by atoms with E-state index in [4.69, 9.17) is 4.74 Å². The number of hydrogen-bond acceptors (Lipinski definition) is 5. The average Bonchev–Trinajstić information content (AvgIpc) is 2.67. The number of carbonyl (C=O) groups excluding carboxylic acids is 3. The second kappa shape index (κ2) is 8.61. The Morgan fingerprint density at radius 3 is 2.47 bits per heavy atom. The lowest BCUT2D eigenvalue weighted by Gasteiger charge is -2.40. The molecule has 0 bridgehead atoms. The van der Waals surface area contributed by atoms with Crippen LogP contribution in [-0.4, -0.2) is 66.4 Å². The highest BCUT2D eigenvalue weighted by Crippen LogP contribution is 2.29. The fourth-order valence-electron chi connectivity index (χ4n) is 4.25. The van der Waals surface area contributed by atoms with Crippen LogP contribution in [0.1, 0.15) is 49.8 Å². The predicted molar refractivity (Wildman–Crippen MR) is 110 cm³/mol. The Morgan fingerprint density at radius 2 is 1.83 bits per heavy atom. The van der Waals surface area contributed by atoms with E-state index in [-0.39, 0.29) is 30.1 Å². The number of urea groups is 2. The molecule has 4 rings (SSSR count). The van der Waals surface area contributed by atoms with Gasteiger partial charge in [0, 0.05) is 51.2 Å². The topological polar surface area (TPSA) is 103 Å².